The molecule has 0 aliphatic heterocycles. The lowest BCUT2D eigenvalue weighted by Crippen LogP contribution is -2.32. The Morgan fingerprint density at radius 1 is 1.20 bits per heavy atom. The van der Waals surface area contributed by atoms with Crippen LogP contribution in [0.3, 0.4) is 0 Å². The van der Waals surface area contributed by atoms with Gasteiger partial charge in [0.25, 0.3) is 0 Å². The third kappa shape index (κ3) is 2.90. The maximum Gasteiger partial charge on any atom is 0.241 e. The summed E-state index contributed by atoms with van der Waals surface area (Å²) in [5, 5.41) is 4.09. The quantitative estimate of drug-likeness (QED) is 0.834. The predicted octanol–water partition coefficient (Wildman–Crippen LogP) is 3.50. The molecule has 1 aromatic heterocycles. The molecular weight excluding hydrogens is 250 g/mol. The van der Waals surface area contributed by atoms with Crippen molar-refractivity contribution in [2.75, 3.05) is 6.54 Å². The predicted molar refractivity (Wildman–Crippen MR) is 78.1 cm³/mol. The van der Waals surface area contributed by atoms with E-state index in [1.54, 1.807) is 0 Å². The van der Waals surface area contributed by atoms with Crippen molar-refractivity contribution in [1.82, 2.24) is 15.0 Å². The van der Waals surface area contributed by atoms with Crippen molar-refractivity contribution in [3.63, 3.8) is 0 Å². The molecule has 4 nitrogen and oxygen atoms in total. The molecular formula is C16H21N3O. The second kappa shape index (κ2) is 6.18. The van der Waals surface area contributed by atoms with Crippen LogP contribution >= 0.6 is 0 Å². The molecule has 0 amide bonds. The molecule has 0 atom stereocenters. The minimum Gasteiger partial charge on any atom is -0.338 e. The molecule has 0 saturated heterocycles. The van der Waals surface area contributed by atoms with Crippen LogP contribution < -0.4 is 0 Å². The van der Waals surface area contributed by atoms with E-state index in [0.29, 0.717) is 11.9 Å². The highest BCUT2D eigenvalue weighted by molar-refractivity contribution is 5.53. The zero-order chi connectivity index (χ0) is 13.8. The summed E-state index contributed by atoms with van der Waals surface area (Å²) in [5.41, 5.74) is 1.01. The number of benzene rings is 1. The van der Waals surface area contributed by atoms with Gasteiger partial charge >= 0.3 is 0 Å². The van der Waals surface area contributed by atoms with E-state index in [9.17, 15) is 0 Å². The van der Waals surface area contributed by atoms with Crippen LogP contribution in [0.15, 0.2) is 34.9 Å². The van der Waals surface area contributed by atoms with E-state index in [4.69, 9.17) is 4.52 Å². The number of hydrogen-bond donors (Lipinski definition) is 0. The Kier molecular flexibility index (Phi) is 4.11. The van der Waals surface area contributed by atoms with Crippen LogP contribution in [0.2, 0.25) is 0 Å². The molecule has 1 aromatic carbocycles. The van der Waals surface area contributed by atoms with Gasteiger partial charge in [0.05, 0.1) is 6.54 Å². The highest BCUT2D eigenvalue weighted by atomic mass is 16.5. The maximum absolute atomic E-state index is 5.41. The van der Waals surface area contributed by atoms with Crippen LogP contribution in [0.5, 0.6) is 0 Å². The van der Waals surface area contributed by atoms with Crippen molar-refractivity contribution in [2.45, 2.75) is 45.2 Å². The van der Waals surface area contributed by atoms with Gasteiger partial charge in [0.15, 0.2) is 0 Å². The standard InChI is InChI=1S/C16H21N3O/c1-2-19(14-10-6-7-11-14)12-15-17-16(18-20-15)13-8-4-3-5-9-13/h3-5,8-9,14H,2,6-7,10-12H2,1H3. The van der Waals surface area contributed by atoms with Gasteiger partial charge in [-0.3, -0.25) is 4.90 Å². The summed E-state index contributed by atoms with van der Waals surface area (Å²) < 4.78 is 5.41. The third-order valence-corrected chi connectivity index (χ3v) is 4.09. The van der Waals surface area contributed by atoms with E-state index in [-0.39, 0.29) is 0 Å². The molecule has 1 saturated carbocycles. The first kappa shape index (κ1) is 13.3. The lowest BCUT2D eigenvalue weighted by atomic mass is 10.2. The minimum atomic E-state index is 0.683. The second-order valence-electron chi connectivity index (χ2n) is 5.38. The highest BCUT2D eigenvalue weighted by Crippen LogP contribution is 2.25. The Labute approximate surface area is 119 Å². The first-order valence-corrected chi connectivity index (χ1v) is 7.49. The SMILES string of the molecule is CCN(Cc1nc(-c2ccccc2)no1)C1CCCC1. The summed E-state index contributed by atoms with van der Waals surface area (Å²) in [6, 6.07) is 10.7. The Hall–Kier alpha value is -1.68. The van der Waals surface area contributed by atoms with E-state index in [1.807, 2.05) is 30.3 Å². The number of rotatable bonds is 5. The van der Waals surface area contributed by atoms with Crippen LogP contribution in [0.25, 0.3) is 11.4 Å². The molecule has 0 spiro atoms. The Morgan fingerprint density at radius 3 is 2.65 bits per heavy atom. The average molecular weight is 271 g/mol. The molecule has 1 heterocycles. The van der Waals surface area contributed by atoms with Gasteiger partial charge in [-0.25, -0.2) is 0 Å². The third-order valence-electron chi connectivity index (χ3n) is 4.09. The van der Waals surface area contributed by atoms with Crippen molar-refractivity contribution < 1.29 is 4.52 Å². The Morgan fingerprint density at radius 2 is 1.95 bits per heavy atom. The minimum absolute atomic E-state index is 0.683. The molecule has 0 unspecified atom stereocenters. The smallest absolute Gasteiger partial charge is 0.241 e. The molecule has 106 valence electrons. The maximum atomic E-state index is 5.41. The summed E-state index contributed by atoms with van der Waals surface area (Å²) in [4.78, 5) is 6.97. The molecule has 0 radical (unpaired) electrons. The lowest BCUT2D eigenvalue weighted by Gasteiger charge is -2.25. The van der Waals surface area contributed by atoms with Gasteiger partial charge in [0, 0.05) is 11.6 Å². The molecule has 1 aliphatic carbocycles. The summed E-state index contributed by atoms with van der Waals surface area (Å²) in [6.45, 7) is 4.00. The van der Waals surface area contributed by atoms with Crippen molar-refractivity contribution in [3.05, 3.63) is 36.2 Å². The number of nitrogens with zero attached hydrogens (tertiary/aromatic N) is 3. The van der Waals surface area contributed by atoms with Gasteiger partial charge in [0.2, 0.25) is 11.7 Å². The van der Waals surface area contributed by atoms with Crippen molar-refractivity contribution >= 4 is 0 Å². The largest absolute Gasteiger partial charge is 0.338 e. The van der Waals surface area contributed by atoms with Crippen molar-refractivity contribution in [3.8, 4) is 11.4 Å². The highest BCUT2D eigenvalue weighted by Gasteiger charge is 2.23. The lowest BCUT2D eigenvalue weighted by molar-refractivity contribution is 0.175. The van der Waals surface area contributed by atoms with Crippen LogP contribution in [-0.4, -0.2) is 27.6 Å². The van der Waals surface area contributed by atoms with Crippen LogP contribution in [0, 0.1) is 0 Å². The Balaban J connectivity index is 1.70. The first-order valence-electron chi connectivity index (χ1n) is 7.49. The molecule has 1 fully saturated rings. The van der Waals surface area contributed by atoms with Crippen molar-refractivity contribution in [1.29, 1.82) is 0 Å². The fraction of sp³-hybridized carbons (Fsp3) is 0.500. The topological polar surface area (TPSA) is 42.2 Å². The van der Waals surface area contributed by atoms with Crippen LogP contribution in [0.4, 0.5) is 0 Å². The van der Waals surface area contributed by atoms with Gasteiger partial charge in [-0.05, 0) is 19.4 Å². The molecule has 20 heavy (non-hydrogen) atoms. The van der Waals surface area contributed by atoms with E-state index >= 15 is 0 Å². The zero-order valence-electron chi connectivity index (χ0n) is 12.0. The van der Waals surface area contributed by atoms with E-state index in [1.165, 1.54) is 25.7 Å². The van der Waals surface area contributed by atoms with Gasteiger partial charge in [0.1, 0.15) is 0 Å². The molecule has 1 aliphatic rings. The van der Waals surface area contributed by atoms with Crippen molar-refractivity contribution in [2.24, 2.45) is 0 Å². The summed E-state index contributed by atoms with van der Waals surface area (Å²) in [7, 11) is 0. The van der Waals surface area contributed by atoms with E-state index in [0.717, 1.165) is 24.5 Å². The number of aromatic nitrogens is 2. The molecule has 4 heteroatoms. The Bertz CT molecular complexity index is 532. The molecule has 2 aromatic rings. The molecule has 0 bridgehead atoms. The normalized spacial score (nSPS) is 16.1. The van der Waals surface area contributed by atoms with Gasteiger partial charge in [-0.1, -0.05) is 55.3 Å². The van der Waals surface area contributed by atoms with Gasteiger partial charge < -0.3 is 4.52 Å². The van der Waals surface area contributed by atoms with Gasteiger partial charge in [-0.15, -0.1) is 0 Å². The monoisotopic (exact) mass is 271 g/mol. The fourth-order valence-corrected chi connectivity index (χ4v) is 2.97. The second-order valence-corrected chi connectivity index (χ2v) is 5.38. The van der Waals surface area contributed by atoms with E-state index in [2.05, 4.69) is 22.0 Å². The molecule has 3 rings (SSSR count). The molecule has 0 N–H and O–H groups in total. The zero-order valence-corrected chi connectivity index (χ0v) is 12.0. The van der Waals surface area contributed by atoms with Crippen LogP contribution in [-0.2, 0) is 6.54 Å². The summed E-state index contributed by atoms with van der Waals surface area (Å²) in [5.74, 6) is 1.40. The summed E-state index contributed by atoms with van der Waals surface area (Å²) >= 11 is 0. The van der Waals surface area contributed by atoms with Gasteiger partial charge in [-0.2, -0.15) is 4.98 Å². The number of hydrogen-bond acceptors (Lipinski definition) is 4. The summed E-state index contributed by atoms with van der Waals surface area (Å²) in [6.07, 6.45) is 5.29. The average Bonchev–Trinajstić information content (AvgIpc) is 3.17. The first-order chi connectivity index (χ1) is 9.86. The van der Waals surface area contributed by atoms with Crippen LogP contribution in [0.1, 0.15) is 38.5 Å². The fourth-order valence-electron chi connectivity index (χ4n) is 2.97. The van der Waals surface area contributed by atoms with E-state index < -0.39 is 0 Å².